The van der Waals surface area contributed by atoms with Crippen molar-refractivity contribution in [1.29, 1.82) is 0 Å². The van der Waals surface area contributed by atoms with Gasteiger partial charge in [-0.05, 0) is 18.2 Å². The second-order valence-electron chi connectivity index (χ2n) is 4.59. The van der Waals surface area contributed by atoms with Crippen LogP contribution in [-0.2, 0) is 6.42 Å². The Morgan fingerprint density at radius 2 is 2.25 bits per heavy atom. The Hall–Kier alpha value is -2.63. The molecule has 0 aromatic carbocycles. The molecular weight excluding hydrogens is 256 g/mol. The summed E-state index contributed by atoms with van der Waals surface area (Å²) in [5.74, 6) is -0.296. The molecule has 1 aliphatic rings. The van der Waals surface area contributed by atoms with Crippen LogP contribution in [0, 0.1) is 0 Å². The minimum Gasteiger partial charge on any atom is -0.358 e. The van der Waals surface area contributed by atoms with E-state index in [1.165, 1.54) is 0 Å². The van der Waals surface area contributed by atoms with Gasteiger partial charge in [-0.2, -0.15) is 0 Å². The van der Waals surface area contributed by atoms with E-state index in [-0.39, 0.29) is 11.8 Å². The number of rotatable bonds is 2. The van der Waals surface area contributed by atoms with Crippen molar-refractivity contribution in [3.8, 4) is 11.3 Å². The van der Waals surface area contributed by atoms with Crippen molar-refractivity contribution >= 4 is 11.8 Å². The number of aromatic nitrogens is 2. The molecule has 3 rings (SSSR count). The van der Waals surface area contributed by atoms with Crippen LogP contribution in [0.25, 0.3) is 11.3 Å². The van der Waals surface area contributed by atoms with Crippen molar-refractivity contribution in [2.45, 2.75) is 6.42 Å². The van der Waals surface area contributed by atoms with Crippen LogP contribution in [-0.4, -0.2) is 35.4 Å². The largest absolute Gasteiger partial charge is 0.358 e. The topological polar surface area (TPSA) is 86.9 Å². The third kappa shape index (κ3) is 2.05. The van der Waals surface area contributed by atoms with E-state index >= 15 is 0 Å². The van der Waals surface area contributed by atoms with E-state index in [0.29, 0.717) is 17.8 Å². The number of aromatic amines is 1. The third-order valence-corrected chi connectivity index (χ3v) is 3.34. The van der Waals surface area contributed by atoms with Crippen LogP contribution in [0.5, 0.6) is 0 Å². The van der Waals surface area contributed by atoms with Crippen molar-refractivity contribution in [3.05, 3.63) is 41.3 Å². The van der Waals surface area contributed by atoms with Crippen LogP contribution in [0.1, 0.15) is 26.5 Å². The van der Waals surface area contributed by atoms with Crippen LogP contribution in [0.3, 0.4) is 0 Å². The van der Waals surface area contributed by atoms with Gasteiger partial charge in [0.05, 0.1) is 5.56 Å². The second-order valence-corrected chi connectivity index (χ2v) is 4.59. The molecule has 0 spiro atoms. The van der Waals surface area contributed by atoms with Crippen LogP contribution in [0.2, 0.25) is 0 Å². The summed E-state index contributed by atoms with van der Waals surface area (Å²) in [6, 6.07) is 5.32. The summed E-state index contributed by atoms with van der Waals surface area (Å²) in [6.45, 7) is 0.644. The maximum atomic E-state index is 11.7. The predicted octanol–water partition coefficient (Wildman–Crippen LogP) is 0.722. The number of pyridine rings is 1. The molecule has 0 atom stereocenters. The lowest BCUT2D eigenvalue weighted by Gasteiger charge is -2.10. The molecule has 3 N–H and O–H groups in total. The molecule has 1 aliphatic heterocycles. The van der Waals surface area contributed by atoms with Crippen molar-refractivity contribution < 1.29 is 9.59 Å². The van der Waals surface area contributed by atoms with Gasteiger partial charge in [-0.15, -0.1) is 0 Å². The molecule has 2 aromatic rings. The number of carbonyl (C=O) groups excluding carboxylic acids is 2. The number of H-pyrrole nitrogens is 1. The van der Waals surface area contributed by atoms with Crippen LogP contribution in [0.4, 0.5) is 0 Å². The molecule has 102 valence electrons. The molecule has 0 saturated carbocycles. The maximum Gasteiger partial charge on any atom is 0.269 e. The summed E-state index contributed by atoms with van der Waals surface area (Å²) in [4.78, 5) is 30.6. The highest BCUT2D eigenvalue weighted by molar-refractivity contribution is 5.98. The third-order valence-electron chi connectivity index (χ3n) is 3.34. The summed E-state index contributed by atoms with van der Waals surface area (Å²) in [5.41, 5.74) is 3.61. The molecule has 0 fully saturated rings. The molecule has 2 amide bonds. The number of amides is 2. The Morgan fingerprint density at radius 3 is 3.00 bits per heavy atom. The van der Waals surface area contributed by atoms with Crippen LogP contribution >= 0.6 is 0 Å². The summed E-state index contributed by atoms with van der Waals surface area (Å²) in [5, 5.41) is 5.35. The van der Waals surface area contributed by atoms with E-state index in [0.717, 1.165) is 23.4 Å². The summed E-state index contributed by atoms with van der Waals surface area (Å²) < 4.78 is 0. The van der Waals surface area contributed by atoms with Gasteiger partial charge in [0.25, 0.3) is 11.8 Å². The normalized spacial score (nSPS) is 13.6. The SMILES string of the molecule is CNC(=O)c1cc(-c2cc3c([nH]2)CCNC3=O)ccn1. The molecule has 0 aliphatic carbocycles. The Balaban J connectivity index is 2.01. The first-order valence-corrected chi connectivity index (χ1v) is 6.37. The highest BCUT2D eigenvalue weighted by Gasteiger charge is 2.20. The number of hydrogen-bond donors (Lipinski definition) is 3. The first-order valence-electron chi connectivity index (χ1n) is 6.37. The molecule has 3 heterocycles. The first-order chi connectivity index (χ1) is 9.69. The molecule has 0 unspecified atom stereocenters. The summed E-state index contributed by atoms with van der Waals surface area (Å²) in [7, 11) is 1.56. The predicted molar refractivity (Wildman–Crippen MR) is 73.5 cm³/mol. The molecule has 0 saturated heterocycles. The van der Waals surface area contributed by atoms with Gasteiger partial charge in [-0.1, -0.05) is 0 Å². The van der Waals surface area contributed by atoms with Crippen molar-refractivity contribution in [2.75, 3.05) is 13.6 Å². The Labute approximate surface area is 115 Å². The van der Waals surface area contributed by atoms with Gasteiger partial charge in [0.1, 0.15) is 5.69 Å². The fourth-order valence-corrected chi connectivity index (χ4v) is 2.30. The average molecular weight is 270 g/mol. The number of carbonyl (C=O) groups is 2. The van der Waals surface area contributed by atoms with Gasteiger partial charge < -0.3 is 15.6 Å². The molecule has 0 bridgehead atoms. The number of fused-ring (bicyclic) bond motifs is 1. The zero-order valence-corrected chi connectivity index (χ0v) is 11.0. The van der Waals surface area contributed by atoms with Gasteiger partial charge >= 0.3 is 0 Å². The van der Waals surface area contributed by atoms with Crippen LogP contribution < -0.4 is 10.6 Å². The summed E-state index contributed by atoms with van der Waals surface area (Å²) >= 11 is 0. The maximum absolute atomic E-state index is 11.7. The Morgan fingerprint density at radius 1 is 1.40 bits per heavy atom. The lowest BCUT2D eigenvalue weighted by Crippen LogP contribution is -2.31. The average Bonchev–Trinajstić information content (AvgIpc) is 2.92. The molecular formula is C14H14N4O2. The van der Waals surface area contributed by atoms with Gasteiger partial charge in [0.15, 0.2) is 0 Å². The van der Waals surface area contributed by atoms with Crippen molar-refractivity contribution in [2.24, 2.45) is 0 Å². The van der Waals surface area contributed by atoms with Gasteiger partial charge in [-0.25, -0.2) is 0 Å². The molecule has 6 heteroatoms. The fraction of sp³-hybridized carbons (Fsp3) is 0.214. The Bertz CT molecular complexity index is 690. The van der Waals surface area contributed by atoms with Gasteiger partial charge in [0, 0.05) is 43.2 Å². The van der Waals surface area contributed by atoms with E-state index in [1.807, 2.05) is 12.1 Å². The first kappa shape index (κ1) is 12.4. The number of nitrogens with zero attached hydrogens (tertiary/aromatic N) is 1. The Kier molecular flexibility index (Phi) is 2.98. The zero-order valence-electron chi connectivity index (χ0n) is 11.0. The van der Waals surface area contributed by atoms with Crippen LogP contribution in [0.15, 0.2) is 24.4 Å². The molecule has 6 nitrogen and oxygen atoms in total. The quantitative estimate of drug-likeness (QED) is 0.751. The van der Waals surface area contributed by atoms with Crippen molar-refractivity contribution in [1.82, 2.24) is 20.6 Å². The van der Waals surface area contributed by atoms with E-state index < -0.39 is 0 Å². The molecule has 20 heavy (non-hydrogen) atoms. The lowest BCUT2D eigenvalue weighted by atomic mass is 10.1. The molecule has 0 radical (unpaired) electrons. The van der Waals surface area contributed by atoms with E-state index in [9.17, 15) is 9.59 Å². The number of hydrogen-bond acceptors (Lipinski definition) is 3. The van der Waals surface area contributed by atoms with Gasteiger partial charge in [0.2, 0.25) is 0 Å². The standard InChI is InChI=1S/C14H14N4O2/c1-15-14(20)12-6-8(2-4-16-12)11-7-9-10(18-11)3-5-17-13(9)19/h2,4,6-7,18H,3,5H2,1H3,(H,15,20)(H,17,19). The molecule has 2 aromatic heterocycles. The lowest BCUT2D eigenvalue weighted by molar-refractivity contribution is 0.0942. The monoisotopic (exact) mass is 270 g/mol. The smallest absolute Gasteiger partial charge is 0.269 e. The minimum absolute atomic E-state index is 0.0608. The highest BCUT2D eigenvalue weighted by Crippen LogP contribution is 2.24. The van der Waals surface area contributed by atoms with Crippen molar-refractivity contribution in [3.63, 3.8) is 0 Å². The number of nitrogens with one attached hydrogen (secondary N) is 3. The second kappa shape index (κ2) is 4.80. The highest BCUT2D eigenvalue weighted by atomic mass is 16.2. The van der Waals surface area contributed by atoms with E-state index in [4.69, 9.17) is 0 Å². The van der Waals surface area contributed by atoms with E-state index in [2.05, 4.69) is 20.6 Å². The van der Waals surface area contributed by atoms with E-state index in [1.54, 1.807) is 19.3 Å². The minimum atomic E-state index is -0.235. The van der Waals surface area contributed by atoms with Gasteiger partial charge in [-0.3, -0.25) is 14.6 Å². The fourth-order valence-electron chi connectivity index (χ4n) is 2.30. The summed E-state index contributed by atoms with van der Waals surface area (Å²) in [6.07, 6.45) is 2.37. The zero-order chi connectivity index (χ0) is 14.1.